The van der Waals surface area contributed by atoms with Crippen LogP contribution in [0, 0.1) is 19.7 Å². The fourth-order valence-corrected chi connectivity index (χ4v) is 2.72. The second-order valence-electron chi connectivity index (χ2n) is 4.17. The van der Waals surface area contributed by atoms with E-state index >= 15 is 0 Å². The van der Waals surface area contributed by atoms with Gasteiger partial charge in [-0.2, -0.15) is 0 Å². The van der Waals surface area contributed by atoms with Crippen LogP contribution in [0.2, 0.25) is 0 Å². The number of methoxy groups -OCH3 is 1. The van der Waals surface area contributed by atoms with Crippen molar-refractivity contribution in [3.63, 3.8) is 0 Å². The van der Waals surface area contributed by atoms with Gasteiger partial charge in [-0.25, -0.2) is 9.37 Å². The Morgan fingerprint density at radius 2 is 2.16 bits per heavy atom. The van der Waals surface area contributed by atoms with Crippen molar-refractivity contribution in [1.82, 2.24) is 4.98 Å². The first-order valence-corrected chi connectivity index (χ1v) is 6.63. The summed E-state index contributed by atoms with van der Waals surface area (Å²) in [6, 6.07) is 4.35. The van der Waals surface area contributed by atoms with E-state index in [9.17, 15) is 9.18 Å². The number of hydrogen-bond acceptors (Lipinski definition) is 4. The molecule has 1 aromatic heterocycles. The first kappa shape index (κ1) is 13.7. The Morgan fingerprint density at radius 3 is 2.74 bits per heavy atom. The van der Waals surface area contributed by atoms with Crippen LogP contribution in [-0.4, -0.2) is 17.9 Å². The van der Waals surface area contributed by atoms with Crippen molar-refractivity contribution in [1.29, 1.82) is 0 Å². The Hall–Kier alpha value is -1.75. The molecule has 0 fully saturated rings. The number of nitrogens with zero attached hydrogens (tertiary/aromatic N) is 1. The molecule has 0 radical (unpaired) electrons. The number of rotatable bonds is 4. The second-order valence-corrected chi connectivity index (χ2v) is 5.45. The van der Waals surface area contributed by atoms with Crippen LogP contribution in [0.3, 0.4) is 0 Å². The third-order valence-electron chi connectivity index (χ3n) is 2.86. The van der Waals surface area contributed by atoms with Crippen LogP contribution in [0.4, 0.5) is 4.39 Å². The summed E-state index contributed by atoms with van der Waals surface area (Å²) in [4.78, 5) is 17.5. The number of benzene rings is 1. The van der Waals surface area contributed by atoms with Crippen molar-refractivity contribution < 1.29 is 13.9 Å². The van der Waals surface area contributed by atoms with Gasteiger partial charge in [0.15, 0.2) is 5.78 Å². The quantitative estimate of drug-likeness (QED) is 0.806. The number of aryl methyl sites for hydroxylation is 2. The van der Waals surface area contributed by atoms with E-state index in [1.54, 1.807) is 6.07 Å². The van der Waals surface area contributed by atoms with Gasteiger partial charge < -0.3 is 4.74 Å². The van der Waals surface area contributed by atoms with Crippen molar-refractivity contribution in [2.45, 2.75) is 20.3 Å². The average molecular weight is 279 g/mol. The van der Waals surface area contributed by atoms with E-state index < -0.39 is 5.82 Å². The molecule has 19 heavy (non-hydrogen) atoms. The first-order valence-electron chi connectivity index (χ1n) is 5.81. The number of carbonyl (C=O) groups is 1. The van der Waals surface area contributed by atoms with Gasteiger partial charge in [0.1, 0.15) is 16.6 Å². The Morgan fingerprint density at radius 1 is 1.42 bits per heavy atom. The molecule has 0 saturated heterocycles. The molecular weight excluding hydrogens is 265 g/mol. The van der Waals surface area contributed by atoms with E-state index in [-0.39, 0.29) is 23.5 Å². The molecule has 0 aliphatic rings. The van der Waals surface area contributed by atoms with E-state index in [0.29, 0.717) is 5.01 Å². The van der Waals surface area contributed by atoms with Gasteiger partial charge in [0, 0.05) is 4.88 Å². The Labute approximate surface area is 115 Å². The molecule has 1 aromatic carbocycles. The topological polar surface area (TPSA) is 39.2 Å². The predicted octanol–water partition coefficient (Wildman–Crippen LogP) is 3.33. The van der Waals surface area contributed by atoms with Crippen LogP contribution >= 0.6 is 11.3 Å². The average Bonchev–Trinajstić information content (AvgIpc) is 2.67. The van der Waals surface area contributed by atoms with Gasteiger partial charge in [-0.15, -0.1) is 11.3 Å². The number of Topliss-reactive ketones (excluding diaryl/α,β-unsaturated/α-hetero) is 1. The smallest absolute Gasteiger partial charge is 0.176 e. The maximum atomic E-state index is 13.8. The van der Waals surface area contributed by atoms with Crippen LogP contribution in [0.15, 0.2) is 18.2 Å². The van der Waals surface area contributed by atoms with Gasteiger partial charge in [0.25, 0.3) is 0 Å². The molecule has 0 unspecified atom stereocenters. The van der Waals surface area contributed by atoms with Gasteiger partial charge in [-0.3, -0.25) is 4.79 Å². The van der Waals surface area contributed by atoms with Gasteiger partial charge in [0.05, 0.1) is 24.8 Å². The molecule has 0 aliphatic heterocycles. The number of thiazole rings is 1. The van der Waals surface area contributed by atoms with Crippen molar-refractivity contribution in [3.05, 3.63) is 45.2 Å². The highest BCUT2D eigenvalue weighted by Crippen LogP contribution is 2.24. The number of aromatic nitrogens is 1. The van der Waals surface area contributed by atoms with Crippen LogP contribution in [-0.2, 0) is 6.42 Å². The Balaban J connectivity index is 2.30. The molecule has 0 atom stereocenters. The highest BCUT2D eigenvalue weighted by molar-refractivity contribution is 7.11. The molecule has 1 heterocycles. The van der Waals surface area contributed by atoms with Gasteiger partial charge >= 0.3 is 0 Å². The summed E-state index contributed by atoms with van der Waals surface area (Å²) in [5.74, 6) is -0.618. The number of ether oxygens (including phenoxy) is 1. The number of hydrogen-bond donors (Lipinski definition) is 0. The fourth-order valence-electron chi connectivity index (χ4n) is 1.79. The fraction of sp³-hybridized carbons (Fsp3) is 0.286. The van der Waals surface area contributed by atoms with Crippen molar-refractivity contribution in [2.24, 2.45) is 0 Å². The molecule has 0 spiro atoms. The lowest BCUT2D eigenvalue weighted by Crippen LogP contribution is -2.08. The molecule has 2 rings (SSSR count). The maximum absolute atomic E-state index is 13.8. The lowest BCUT2D eigenvalue weighted by Gasteiger charge is -2.07. The lowest BCUT2D eigenvalue weighted by atomic mass is 10.1. The normalized spacial score (nSPS) is 10.5. The van der Waals surface area contributed by atoms with Crippen LogP contribution < -0.4 is 4.74 Å². The van der Waals surface area contributed by atoms with Crippen molar-refractivity contribution >= 4 is 17.1 Å². The third-order valence-corrected chi connectivity index (χ3v) is 3.93. The molecule has 0 saturated carbocycles. The molecule has 0 N–H and O–H groups in total. The molecule has 2 aromatic rings. The largest absolute Gasteiger partial charge is 0.496 e. The molecule has 100 valence electrons. The van der Waals surface area contributed by atoms with E-state index in [4.69, 9.17) is 4.74 Å². The standard InChI is InChI=1S/C14H14FNO2S/c1-8-9(2)19-13(16-8)7-11(17)14-10(15)5-4-6-12(14)18-3/h4-6H,7H2,1-3H3. The second kappa shape index (κ2) is 5.48. The van der Waals surface area contributed by atoms with Gasteiger partial charge in [0.2, 0.25) is 0 Å². The first-order chi connectivity index (χ1) is 9.02. The predicted molar refractivity (Wildman–Crippen MR) is 72.6 cm³/mol. The summed E-state index contributed by atoms with van der Waals surface area (Å²) in [5.41, 5.74) is 0.906. The number of carbonyl (C=O) groups excluding carboxylic acids is 1. The summed E-state index contributed by atoms with van der Waals surface area (Å²) in [6.45, 7) is 3.84. The highest BCUT2D eigenvalue weighted by atomic mass is 32.1. The van der Waals surface area contributed by atoms with Crippen molar-refractivity contribution in [3.8, 4) is 5.75 Å². The van der Waals surface area contributed by atoms with Crippen LogP contribution in [0.25, 0.3) is 0 Å². The number of halogens is 1. The lowest BCUT2D eigenvalue weighted by molar-refractivity contribution is 0.0986. The zero-order chi connectivity index (χ0) is 14.0. The number of ketones is 1. The minimum absolute atomic E-state index is 0.00416. The summed E-state index contributed by atoms with van der Waals surface area (Å²) in [5, 5.41) is 0.699. The molecule has 5 heteroatoms. The summed E-state index contributed by atoms with van der Waals surface area (Å²) >= 11 is 1.46. The van der Waals surface area contributed by atoms with Crippen LogP contribution in [0.1, 0.15) is 25.9 Å². The molecule has 3 nitrogen and oxygen atoms in total. The van der Waals surface area contributed by atoms with Crippen molar-refractivity contribution in [2.75, 3.05) is 7.11 Å². The summed E-state index contributed by atoms with van der Waals surface area (Å²) in [7, 11) is 1.42. The molecule has 0 aliphatic carbocycles. The zero-order valence-corrected chi connectivity index (χ0v) is 11.8. The Bertz CT molecular complexity index is 602. The highest BCUT2D eigenvalue weighted by Gasteiger charge is 2.19. The zero-order valence-electron chi connectivity index (χ0n) is 11.0. The van der Waals surface area contributed by atoms with E-state index in [0.717, 1.165) is 10.6 Å². The van der Waals surface area contributed by atoms with E-state index in [2.05, 4.69) is 4.98 Å². The summed E-state index contributed by atoms with van der Waals surface area (Å²) < 4.78 is 18.8. The summed E-state index contributed by atoms with van der Waals surface area (Å²) in [6.07, 6.45) is 0.0939. The van der Waals surface area contributed by atoms with Crippen LogP contribution in [0.5, 0.6) is 5.75 Å². The Kier molecular flexibility index (Phi) is 3.95. The molecule has 0 amide bonds. The van der Waals surface area contributed by atoms with E-state index in [1.165, 1.54) is 30.6 Å². The van der Waals surface area contributed by atoms with Gasteiger partial charge in [-0.1, -0.05) is 6.07 Å². The molecule has 0 bridgehead atoms. The SMILES string of the molecule is COc1cccc(F)c1C(=O)Cc1nc(C)c(C)s1. The maximum Gasteiger partial charge on any atom is 0.176 e. The van der Waals surface area contributed by atoms with Gasteiger partial charge in [-0.05, 0) is 26.0 Å². The minimum Gasteiger partial charge on any atom is -0.496 e. The monoisotopic (exact) mass is 279 g/mol. The minimum atomic E-state index is -0.561. The van der Waals surface area contributed by atoms with E-state index in [1.807, 2.05) is 13.8 Å². The molecular formula is C14H14FNO2S. The third kappa shape index (κ3) is 2.81.